The number of aromatic nitrogens is 2. The van der Waals surface area contributed by atoms with Gasteiger partial charge in [0.2, 0.25) is 0 Å². The minimum atomic E-state index is -1.14. The van der Waals surface area contributed by atoms with Crippen LogP contribution in [0.3, 0.4) is 0 Å². The van der Waals surface area contributed by atoms with E-state index in [9.17, 15) is 4.79 Å². The quantitative estimate of drug-likeness (QED) is 0.525. The topological polar surface area (TPSA) is 59.5 Å². The summed E-state index contributed by atoms with van der Waals surface area (Å²) in [6, 6.07) is 3.37. The van der Waals surface area contributed by atoms with E-state index in [-0.39, 0.29) is 11.7 Å². The van der Waals surface area contributed by atoms with Crippen LogP contribution >= 0.6 is 0 Å². The first-order valence-corrected chi connectivity index (χ1v) is 14.7. The third kappa shape index (κ3) is 5.02. The number of fused-ring (bicyclic) bond motifs is 1. The van der Waals surface area contributed by atoms with Gasteiger partial charge in [-0.3, -0.25) is 9.69 Å². The smallest absolute Gasteiger partial charge is 0.272 e. The molecule has 1 N–H and O–H groups in total. The Balaban J connectivity index is 1.63. The summed E-state index contributed by atoms with van der Waals surface area (Å²) in [5, 5.41) is 1.11. The molecule has 2 fully saturated rings. The summed E-state index contributed by atoms with van der Waals surface area (Å²) in [7, 11) is -1.14. The third-order valence-corrected chi connectivity index (χ3v) is 7.72. The average molecular weight is 418 g/mol. The maximum absolute atomic E-state index is 12.8. The summed E-state index contributed by atoms with van der Waals surface area (Å²) < 4.78 is 13.9. The first-order valence-electron chi connectivity index (χ1n) is 11.0. The predicted molar refractivity (Wildman–Crippen MR) is 119 cm³/mol. The van der Waals surface area contributed by atoms with E-state index in [2.05, 4.69) is 47.1 Å². The molecule has 160 valence electrons. The maximum Gasteiger partial charge on any atom is 0.272 e. The predicted octanol–water partition coefficient (Wildman–Crippen LogP) is 3.74. The molecule has 6 nitrogen and oxygen atoms in total. The number of ether oxygens (including phenoxy) is 2. The molecule has 29 heavy (non-hydrogen) atoms. The van der Waals surface area contributed by atoms with Crippen LogP contribution in [0.2, 0.25) is 25.7 Å². The van der Waals surface area contributed by atoms with Gasteiger partial charge in [-0.1, -0.05) is 19.6 Å². The van der Waals surface area contributed by atoms with Crippen molar-refractivity contribution >= 4 is 19.0 Å². The normalized spacial score (nSPS) is 21.2. The molecular weight excluding hydrogens is 382 g/mol. The molecule has 3 heterocycles. The highest BCUT2D eigenvalue weighted by Gasteiger charge is 2.28. The molecule has 0 amide bonds. The van der Waals surface area contributed by atoms with E-state index in [4.69, 9.17) is 9.47 Å². The molecule has 0 radical (unpaired) electrons. The van der Waals surface area contributed by atoms with Crippen molar-refractivity contribution in [2.45, 2.75) is 70.7 Å². The van der Waals surface area contributed by atoms with Gasteiger partial charge in [-0.05, 0) is 43.4 Å². The van der Waals surface area contributed by atoms with Gasteiger partial charge in [-0.25, -0.2) is 0 Å². The fourth-order valence-corrected chi connectivity index (χ4v) is 4.92. The van der Waals surface area contributed by atoms with Crippen LogP contribution in [0.1, 0.15) is 36.9 Å². The van der Waals surface area contributed by atoms with Crippen LogP contribution in [0.4, 0.5) is 0 Å². The van der Waals surface area contributed by atoms with Crippen LogP contribution in [-0.2, 0) is 22.7 Å². The molecule has 4 rings (SSSR count). The zero-order valence-electron chi connectivity index (χ0n) is 18.3. The molecule has 1 atom stereocenters. The third-order valence-electron chi connectivity index (χ3n) is 6.01. The molecular formula is C22H35N3O3Si. The van der Waals surface area contributed by atoms with E-state index in [0.29, 0.717) is 12.6 Å². The summed E-state index contributed by atoms with van der Waals surface area (Å²) in [5.41, 5.74) is 3.22. The highest BCUT2D eigenvalue weighted by Crippen LogP contribution is 2.42. The lowest BCUT2D eigenvalue weighted by Gasteiger charge is -2.31. The Morgan fingerprint density at radius 3 is 2.79 bits per heavy atom. The lowest BCUT2D eigenvalue weighted by atomic mass is 10.1. The molecule has 0 spiro atoms. The van der Waals surface area contributed by atoms with Gasteiger partial charge in [0.25, 0.3) is 5.56 Å². The highest BCUT2D eigenvalue weighted by molar-refractivity contribution is 6.76. The van der Waals surface area contributed by atoms with Crippen LogP contribution in [0.5, 0.6) is 0 Å². The number of aromatic amines is 1. The zero-order valence-corrected chi connectivity index (χ0v) is 19.3. The number of nitrogens with one attached hydrogen (secondary N) is 1. The zero-order chi connectivity index (χ0) is 20.6. The van der Waals surface area contributed by atoms with E-state index in [1.807, 2.05) is 6.20 Å². The molecule has 1 aliphatic carbocycles. The minimum Gasteiger partial charge on any atom is -0.376 e. The van der Waals surface area contributed by atoms with E-state index >= 15 is 0 Å². The Labute approximate surface area is 174 Å². The van der Waals surface area contributed by atoms with Gasteiger partial charge in [-0.2, -0.15) is 0 Å². The number of rotatable bonds is 8. The number of H-pyrrole nitrogens is 1. The van der Waals surface area contributed by atoms with Crippen LogP contribution in [-0.4, -0.2) is 54.9 Å². The SMILES string of the molecule is C[C@@H]1CN(Cc2cc3c(C4CC4)c[nH]c(=O)c3n2COCC[Si](C)(C)C)CCO1. The van der Waals surface area contributed by atoms with Crippen LogP contribution in [0, 0.1) is 0 Å². The Hall–Kier alpha value is -1.41. The van der Waals surface area contributed by atoms with Gasteiger partial charge in [0.1, 0.15) is 12.2 Å². The Morgan fingerprint density at radius 2 is 2.10 bits per heavy atom. The van der Waals surface area contributed by atoms with Gasteiger partial charge < -0.3 is 19.0 Å². The van der Waals surface area contributed by atoms with Gasteiger partial charge in [0.05, 0.1) is 12.7 Å². The second-order valence-electron chi connectivity index (χ2n) is 9.94. The fourth-order valence-electron chi connectivity index (χ4n) is 4.16. The number of nitrogens with zero attached hydrogens (tertiary/aromatic N) is 2. The summed E-state index contributed by atoms with van der Waals surface area (Å²) in [6.07, 6.45) is 4.62. The fraction of sp³-hybridized carbons (Fsp3) is 0.682. The second kappa shape index (κ2) is 8.38. The molecule has 2 aliphatic rings. The average Bonchev–Trinajstić information content (AvgIpc) is 3.41. The second-order valence-corrected chi connectivity index (χ2v) is 15.6. The van der Waals surface area contributed by atoms with Crippen molar-refractivity contribution in [2.75, 3.05) is 26.3 Å². The summed E-state index contributed by atoms with van der Waals surface area (Å²) in [5.74, 6) is 0.592. The van der Waals surface area contributed by atoms with Gasteiger partial charge in [0, 0.05) is 51.6 Å². The van der Waals surface area contributed by atoms with Crippen molar-refractivity contribution in [1.29, 1.82) is 0 Å². The lowest BCUT2D eigenvalue weighted by molar-refractivity contribution is -0.0224. The van der Waals surface area contributed by atoms with E-state index in [0.717, 1.165) is 49.8 Å². The Kier molecular flexibility index (Phi) is 6.02. The number of pyridine rings is 1. The minimum absolute atomic E-state index is 0.0141. The molecule has 1 saturated carbocycles. The van der Waals surface area contributed by atoms with Gasteiger partial charge >= 0.3 is 0 Å². The molecule has 2 aromatic heterocycles. The van der Waals surface area contributed by atoms with E-state index in [1.165, 1.54) is 24.1 Å². The largest absolute Gasteiger partial charge is 0.376 e. The number of morpholine rings is 1. The number of hydrogen-bond donors (Lipinski definition) is 1. The van der Waals surface area contributed by atoms with Crippen molar-refractivity contribution in [1.82, 2.24) is 14.5 Å². The first kappa shape index (κ1) is 20.8. The molecule has 1 aliphatic heterocycles. The number of hydrogen-bond acceptors (Lipinski definition) is 4. The van der Waals surface area contributed by atoms with Crippen molar-refractivity contribution in [3.05, 3.63) is 33.9 Å². The lowest BCUT2D eigenvalue weighted by Crippen LogP contribution is -2.40. The Morgan fingerprint density at radius 1 is 1.31 bits per heavy atom. The van der Waals surface area contributed by atoms with Gasteiger partial charge in [0.15, 0.2) is 0 Å². The molecule has 1 saturated heterocycles. The summed E-state index contributed by atoms with van der Waals surface area (Å²) in [4.78, 5) is 18.2. The van der Waals surface area contributed by atoms with Crippen molar-refractivity contribution in [2.24, 2.45) is 0 Å². The van der Waals surface area contributed by atoms with Crippen LogP contribution in [0.25, 0.3) is 10.9 Å². The highest BCUT2D eigenvalue weighted by atomic mass is 28.3. The van der Waals surface area contributed by atoms with Crippen LogP contribution < -0.4 is 5.56 Å². The van der Waals surface area contributed by atoms with Crippen molar-refractivity contribution in [3.63, 3.8) is 0 Å². The summed E-state index contributed by atoms with van der Waals surface area (Å²) in [6.45, 7) is 13.8. The Bertz CT molecular complexity index is 910. The molecule has 0 bridgehead atoms. The van der Waals surface area contributed by atoms with E-state index in [1.54, 1.807) is 0 Å². The van der Waals surface area contributed by atoms with Gasteiger partial charge in [-0.15, -0.1) is 0 Å². The standard InChI is InChI=1S/C22H35N3O3Si/c1-16-13-24(7-8-28-16)14-18-11-19-20(17-5-6-17)12-23-22(26)21(19)25(18)15-27-9-10-29(2,3)4/h11-12,16-17H,5-10,13-15H2,1-4H3,(H,23,26)/t16-/m1/s1. The maximum atomic E-state index is 12.8. The molecule has 0 unspecified atom stereocenters. The molecule has 7 heteroatoms. The molecule has 0 aromatic carbocycles. The first-order chi connectivity index (χ1) is 13.8. The molecule has 2 aromatic rings. The van der Waals surface area contributed by atoms with Crippen LogP contribution in [0.15, 0.2) is 17.1 Å². The van der Waals surface area contributed by atoms with Crippen molar-refractivity contribution in [3.8, 4) is 0 Å². The summed E-state index contributed by atoms with van der Waals surface area (Å²) >= 11 is 0. The van der Waals surface area contributed by atoms with Crippen molar-refractivity contribution < 1.29 is 9.47 Å². The van der Waals surface area contributed by atoms with E-state index < -0.39 is 8.07 Å². The monoisotopic (exact) mass is 417 g/mol.